The van der Waals surface area contributed by atoms with E-state index in [1.54, 1.807) is 18.9 Å². The first-order valence-corrected chi connectivity index (χ1v) is 7.84. The molecule has 0 aliphatic rings. The fraction of sp³-hybridized carbons (Fsp3) is 0.111. The van der Waals surface area contributed by atoms with Gasteiger partial charge >= 0.3 is 0 Å². The van der Waals surface area contributed by atoms with Crippen LogP contribution in [0.3, 0.4) is 0 Å². The number of benzene rings is 4. The van der Waals surface area contributed by atoms with Crippen molar-refractivity contribution in [3.8, 4) is 5.75 Å². The van der Waals surface area contributed by atoms with E-state index in [0.717, 1.165) is 5.75 Å². The number of hydrogen-bond donors (Lipinski definition) is 0. The molecule has 1 nitrogen and oxygen atoms in total. The summed E-state index contributed by atoms with van der Waals surface area (Å²) < 4.78 is 5.67. The molecule has 98 valence electrons. The molecule has 4 aromatic rings. The highest BCUT2D eigenvalue weighted by atomic mass is 32.2. The van der Waals surface area contributed by atoms with Crippen molar-refractivity contribution in [2.75, 3.05) is 13.4 Å². The van der Waals surface area contributed by atoms with Crippen molar-refractivity contribution >= 4 is 44.1 Å². The summed E-state index contributed by atoms with van der Waals surface area (Å²) in [6.45, 7) is 0. The van der Waals surface area contributed by atoms with Crippen molar-refractivity contribution in [3.05, 3.63) is 48.5 Å². The molecule has 0 amide bonds. The molecule has 0 fully saturated rings. The second-order valence-corrected chi connectivity index (χ2v) is 5.82. The Balaban J connectivity index is 2.34. The zero-order valence-corrected chi connectivity index (χ0v) is 12.3. The van der Waals surface area contributed by atoms with Gasteiger partial charge in [-0.25, -0.2) is 0 Å². The summed E-state index contributed by atoms with van der Waals surface area (Å²) in [7, 11) is 1.76. The Hall–Kier alpha value is -1.93. The van der Waals surface area contributed by atoms with E-state index in [2.05, 4.69) is 54.8 Å². The molecule has 0 aliphatic heterocycles. The Morgan fingerprint density at radius 1 is 0.850 bits per heavy atom. The van der Waals surface area contributed by atoms with Crippen LogP contribution in [0.15, 0.2) is 53.4 Å². The van der Waals surface area contributed by atoms with E-state index in [0.29, 0.717) is 0 Å². The zero-order valence-electron chi connectivity index (χ0n) is 11.4. The van der Waals surface area contributed by atoms with Gasteiger partial charge in [-0.2, -0.15) is 0 Å². The van der Waals surface area contributed by atoms with Crippen LogP contribution in [0, 0.1) is 0 Å². The maximum Gasteiger partial charge on any atom is 0.140 e. The fourth-order valence-electron chi connectivity index (χ4n) is 3.12. The van der Waals surface area contributed by atoms with Crippen molar-refractivity contribution in [1.29, 1.82) is 0 Å². The van der Waals surface area contributed by atoms with E-state index in [4.69, 9.17) is 4.74 Å². The molecule has 0 radical (unpaired) electrons. The standard InChI is InChI=1S/C18H14OS/c1-19-18-14-9-8-12-5-3-4-11-6-7-13(10-15(18)20-2)17(14)16(11)12/h3-10H,1-2H3. The van der Waals surface area contributed by atoms with Crippen LogP contribution >= 0.6 is 11.8 Å². The van der Waals surface area contributed by atoms with Crippen molar-refractivity contribution in [2.24, 2.45) is 0 Å². The third kappa shape index (κ3) is 1.46. The molecule has 4 aromatic carbocycles. The van der Waals surface area contributed by atoms with Crippen molar-refractivity contribution in [1.82, 2.24) is 0 Å². The minimum atomic E-state index is 0.989. The molecular formula is C18H14OS. The van der Waals surface area contributed by atoms with Crippen LogP contribution < -0.4 is 4.74 Å². The summed E-state index contributed by atoms with van der Waals surface area (Å²) in [6, 6.07) is 17.5. The zero-order chi connectivity index (χ0) is 13.7. The molecule has 0 N–H and O–H groups in total. The molecular weight excluding hydrogens is 264 g/mol. The summed E-state index contributed by atoms with van der Waals surface area (Å²) in [4.78, 5) is 1.19. The summed E-state index contributed by atoms with van der Waals surface area (Å²) in [5, 5.41) is 7.73. The van der Waals surface area contributed by atoms with Gasteiger partial charge in [-0.05, 0) is 39.9 Å². The van der Waals surface area contributed by atoms with Crippen LogP contribution in [0.5, 0.6) is 5.75 Å². The number of ether oxygens (including phenoxy) is 1. The third-order valence-corrected chi connectivity index (χ3v) is 4.73. The molecule has 0 aromatic heterocycles. The van der Waals surface area contributed by atoms with Crippen molar-refractivity contribution in [3.63, 3.8) is 0 Å². The maximum absolute atomic E-state index is 5.67. The average molecular weight is 278 g/mol. The predicted molar refractivity (Wildman–Crippen MR) is 88.5 cm³/mol. The number of rotatable bonds is 2. The number of hydrogen-bond acceptors (Lipinski definition) is 2. The van der Waals surface area contributed by atoms with Crippen LogP contribution in [-0.2, 0) is 0 Å². The van der Waals surface area contributed by atoms with Gasteiger partial charge in [0, 0.05) is 10.8 Å². The van der Waals surface area contributed by atoms with Crippen LogP contribution in [0.1, 0.15) is 0 Å². The van der Waals surface area contributed by atoms with Crippen LogP contribution in [-0.4, -0.2) is 13.4 Å². The molecule has 0 aliphatic carbocycles. The van der Waals surface area contributed by atoms with E-state index in [1.807, 2.05) is 0 Å². The van der Waals surface area contributed by atoms with Crippen LogP contribution in [0.4, 0.5) is 0 Å². The molecule has 0 spiro atoms. The van der Waals surface area contributed by atoms with Gasteiger partial charge in [0.1, 0.15) is 5.75 Å². The highest BCUT2D eigenvalue weighted by molar-refractivity contribution is 7.98. The predicted octanol–water partition coefficient (Wildman–Crippen LogP) is 5.31. The average Bonchev–Trinajstić information content (AvgIpc) is 2.51. The highest BCUT2D eigenvalue weighted by Gasteiger charge is 2.14. The Kier molecular flexibility index (Phi) is 2.54. The summed E-state index contributed by atoms with van der Waals surface area (Å²) in [5.41, 5.74) is 0. The van der Waals surface area contributed by atoms with E-state index < -0.39 is 0 Å². The highest BCUT2D eigenvalue weighted by Crippen LogP contribution is 2.42. The first-order valence-electron chi connectivity index (χ1n) is 6.62. The van der Waals surface area contributed by atoms with Gasteiger partial charge in [0.15, 0.2) is 0 Å². The molecule has 4 rings (SSSR count). The topological polar surface area (TPSA) is 9.23 Å². The van der Waals surface area contributed by atoms with E-state index in [9.17, 15) is 0 Å². The van der Waals surface area contributed by atoms with Gasteiger partial charge in [0.2, 0.25) is 0 Å². The second-order valence-electron chi connectivity index (χ2n) is 4.97. The smallest absolute Gasteiger partial charge is 0.140 e. The molecule has 0 heterocycles. The van der Waals surface area contributed by atoms with Crippen LogP contribution in [0.25, 0.3) is 32.3 Å². The van der Waals surface area contributed by atoms with E-state index in [-0.39, 0.29) is 0 Å². The Bertz CT molecular complexity index is 911. The number of methoxy groups -OCH3 is 1. The van der Waals surface area contributed by atoms with E-state index in [1.165, 1.54) is 37.2 Å². The second kappa shape index (κ2) is 4.29. The lowest BCUT2D eigenvalue weighted by Gasteiger charge is -2.15. The van der Waals surface area contributed by atoms with Gasteiger partial charge < -0.3 is 4.74 Å². The van der Waals surface area contributed by atoms with Gasteiger partial charge in [0.05, 0.1) is 12.0 Å². The van der Waals surface area contributed by atoms with Gasteiger partial charge in [-0.15, -0.1) is 11.8 Å². The normalized spacial score (nSPS) is 11.7. The Morgan fingerprint density at radius 2 is 1.55 bits per heavy atom. The van der Waals surface area contributed by atoms with Crippen molar-refractivity contribution < 1.29 is 4.74 Å². The third-order valence-electron chi connectivity index (χ3n) is 3.99. The van der Waals surface area contributed by atoms with Crippen LogP contribution in [0.2, 0.25) is 0 Å². The SMILES string of the molecule is COc1c(SC)cc2ccc3cccc4ccc1c2c34. The molecule has 0 saturated heterocycles. The summed E-state index contributed by atoms with van der Waals surface area (Å²) in [5.74, 6) is 0.989. The summed E-state index contributed by atoms with van der Waals surface area (Å²) >= 11 is 1.73. The monoisotopic (exact) mass is 278 g/mol. The van der Waals surface area contributed by atoms with Crippen molar-refractivity contribution in [2.45, 2.75) is 4.90 Å². The molecule has 0 unspecified atom stereocenters. The first-order chi connectivity index (χ1) is 9.83. The molecule has 0 saturated carbocycles. The van der Waals surface area contributed by atoms with Gasteiger partial charge in [-0.1, -0.05) is 36.4 Å². The molecule has 2 heteroatoms. The van der Waals surface area contributed by atoms with E-state index >= 15 is 0 Å². The minimum absolute atomic E-state index is 0.989. The summed E-state index contributed by atoms with van der Waals surface area (Å²) in [6.07, 6.45) is 2.09. The lowest BCUT2D eigenvalue weighted by molar-refractivity contribution is 0.410. The fourth-order valence-corrected chi connectivity index (χ4v) is 3.74. The Morgan fingerprint density at radius 3 is 2.25 bits per heavy atom. The number of thioether (sulfide) groups is 1. The first kappa shape index (κ1) is 11.9. The lowest BCUT2D eigenvalue weighted by Crippen LogP contribution is -1.91. The lowest BCUT2D eigenvalue weighted by atomic mass is 9.94. The van der Waals surface area contributed by atoms with Gasteiger partial charge in [-0.3, -0.25) is 0 Å². The maximum atomic E-state index is 5.67. The Labute approximate surface area is 121 Å². The quantitative estimate of drug-likeness (QED) is 0.363. The molecule has 20 heavy (non-hydrogen) atoms. The molecule has 0 atom stereocenters. The van der Waals surface area contributed by atoms with Gasteiger partial charge in [0.25, 0.3) is 0 Å². The largest absolute Gasteiger partial charge is 0.495 e. The minimum Gasteiger partial charge on any atom is -0.495 e. The molecule has 0 bridgehead atoms.